The average Bonchev–Trinajstić information content (AvgIpc) is 2.61. The fourth-order valence-electron chi connectivity index (χ4n) is 1.93. The molecule has 0 atom stereocenters. The van der Waals surface area contributed by atoms with E-state index in [1.54, 1.807) is 12.1 Å². The summed E-state index contributed by atoms with van der Waals surface area (Å²) in [6.07, 6.45) is 3.30. The molecular weight excluding hydrogens is 313 g/mol. The lowest BCUT2D eigenvalue weighted by molar-refractivity contribution is 0.0909. The lowest BCUT2D eigenvalue weighted by atomic mass is 10.2. The van der Waals surface area contributed by atoms with Crippen molar-refractivity contribution in [3.63, 3.8) is 0 Å². The molecule has 1 aromatic heterocycles. The summed E-state index contributed by atoms with van der Waals surface area (Å²) in [5, 5.41) is 5.27. The Balaban J connectivity index is 2.03. The van der Waals surface area contributed by atoms with Crippen LogP contribution in [0.5, 0.6) is 0 Å². The SMILES string of the molecule is NCCCNC(=O)c1nccnc1C(=O)NCc1ccc(F)cc1. The second kappa shape index (κ2) is 8.68. The summed E-state index contributed by atoms with van der Waals surface area (Å²) >= 11 is 0. The standard InChI is InChI=1S/C16H18FN5O2/c17-12-4-2-11(3-5-12)10-22-16(24)14-13(19-8-9-20-14)15(23)21-7-1-6-18/h2-5,8-9H,1,6-7,10,18H2,(H,21,23)(H,22,24). The van der Waals surface area contributed by atoms with Crippen LogP contribution in [0.3, 0.4) is 0 Å². The number of nitrogens with two attached hydrogens (primary N) is 1. The molecule has 7 nitrogen and oxygen atoms in total. The molecule has 0 radical (unpaired) electrons. The van der Waals surface area contributed by atoms with E-state index in [0.717, 1.165) is 5.56 Å². The van der Waals surface area contributed by atoms with Gasteiger partial charge in [0.25, 0.3) is 11.8 Å². The van der Waals surface area contributed by atoms with E-state index in [1.165, 1.54) is 24.5 Å². The lowest BCUT2D eigenvalue weighted by Crippen LogP contribution is -2.32. The first-order chi connectivity index (χ1) is 11.6. The van der Waals surface area contributed by atoms with E-state index < -0.39 is 11.8 Å². The Hall–Kier alpha value is -2.87. The first kappa shape index (κ1) is 17.5. The quantitative estimate of drug-likeness (QED) is 0.644. The molecular formula is C16H18FN5O2. The van der Waals surface area contributed by atoms with Gasteiger partial charge < -0.3 is 16.4 Å². The van der Waals surface area contributed by atoms with Gasteiger partial charge in [0.15, 0.2) is 11.4 Å². The third-order valence-corrected chi connectivity index (χ3v) is 3.16. The van der Waals surface area contributed by atoms with Crippen molar-refractivity contribution in [1.29, 1.82) is 0 Å². The molecule has 0 bridgehead atoms. The van der Waals surface area contributed by atoms with Crippen molar-refractivity contribution in [2.45, 2.75) is 13.0 Å². The monoisotopic (exact) mass is 331 g/mol. The molecule has 0 unspecified atom stereocenters. The van der Waals surface area contributed by atoms with Gasteiger partial charge in [-0.2, -0.15) is 0 Å². The van der Waals surface area contributed by atoms with Crippen LogP contribution in [-0.4, -0.2) is 34.9 Å². The third-order valence-electron chi connectivity index (χ3n) is 3.16. The second-order valence-corrected chi connectivity index (χ2v) is 4.96. The fraction of sp³-hybridized carbons (Fsp3) is 0.250. The average molecular weight is 331 g/mol. The lowest BCUT2D eigenvalue weighted by Gasteiger charge is -2.09. The Morgan fingerprint density at radius 2 is 1.58 bits per heavy atom. The molecule has 0 aliphatic heterocycles. The summed E-state index contributed by atoms with van der Waals surface area (Å²) in [5.41, 5.74) is 5.98. The van der Waals surface area contributed by atoms with Crippen molar-refractivity contribution < 1.29 is 14.0 Å². The summed E-state index contributed by atoms with van der Waals surface area (Å²) in [6, 6.07) is 5.74. The van der Waals surface area contributed by atoms with Crippen LogP contribution in [0.2, 0.25) is 0 Å². The summed E-state index contributed by atoms with van der Waals surface area (Å²) in [5.74, 6) is -1.37. The minimum atomic E-state index is -0.531. The minimum absolute atomic E-state index is 0.0499. The Labute approximate surface area is 138 Å². The van der Waals surface area contributed by atoms with E-state index >= 15 is 0 Å². The maximum absolute atomic E-state index is 12.9. The highest BCUT2D eigenvalue weighted by Crippen LogP contribution is 2.05. The molecule has 0 saturated heterocycles. The van der Waals surface area contributed by atoms with Gasteiger partial charge >= 0.3 is 0 Å². The summed E-state index contributed by atoms with van der Waals surface area (Å²) in [7, 11) is 0. The zero-order chi connectivity index (χ0) is 17.4. The maximum atomic E-state index is 12.9. The maximum Gasteiger partial charge on any atom is 0.272 e. The Morgan fingerprint density at radius 3 is 2.17 bits per heavy atom. The van der Waals surface area contributed by atoms with Gasteiger partial charge in [-0.05, 0) is 30.7 Å². The molecule has 1 aromatic carbocycles. The van der Waals surface area contributed by atoms with E-state index in [0.29, 0.717) is 19.5 Å². The topological polar surface area (TPSA) is 110 Å². The van der Waals surface area contributed by atoms with Gasteiger partial charge in [-0.3, -0.25) is 9.59 Å². The zero-order valence-electron chi connectivity index (χ0n) is 13.0. The molecule has 0 aliphatic carbocycles. The number of halogens is 1. The van der Waals surface area contributed by atoms with Gasteiger partial charge in [-0.15, -0.1) is 0 Å². The number of amides is 2. The molecule has 4 N–H and O–H groups in total. The van der Waals surface area contributed by atoms with Gasteiger partial charge in [-0.1, -0.05) is 12.1 Å². The van der Waals surface area contributed by atoms with Crippen LogP contribution >= 0.6 is 0 Å². The van der Waals surface area contributed by atoms with Crippen molar-refractivity contribution in [3.8, 4) is 0 Å². The van der Waals surface area contributed by atoms with Crippen molar-refractivity contribution in [1.82, 2.24) is 20.6 Å². The smallest absolute Gasteiger partial charge is 0.272 e. The molecule has 2 aromatic rings. The largest absolute Gasteiger partial charge is 0.351 e. The van der Waals surface area contributed by atoms with Crippen LogP contribution in [0.4, 0.5) is 4.39 Å². The number of hydrogen-bond donors (Lipinski definition) is 3. The van der Waals surface area contributed by atoms with Crippen LogP contribution in [0, 0.1) is 5.82 Å². The highest BCUT2D eigenvalue weighted by Gasteiger charge is 2.19. The first-order valence-corrected chi connectivity index (χ1v) is 7.43. The van der Waals surface area contributed by atoms with E-state index in [2.05, 4.69) is 20.6 Å². The molecule has 8 heteroatoms. The number of nitrogens with one attached hydrogen (secondary N) is 2. The predicted octanol–water partition coefficient (Wildman–Crippen LogP) is 0.624. The molecule has 0 saturated carbocycles. The van der Waals surface area contributed by atoms with Gasteiger partial charge in [0.05, 0.1) is 0 Å². The van der Waals surface area contributed by atoms with Crippen LogP contribution in [0.1, 0.15) is 33.0 Å². The number of benzene rings is 1. The Kier molecular flexibility index (Phi) is 6.32. The summed E-state index contributed by atoms with van der Waals surface area (Å²) in [4.78, 5) is 32.2. The number of carbonyl (C=O) groups excluding carboxylic acids is 2. The predicted molar refractivity (Wildman–Crippen MR) is 85.6 cm³/mol. The van der Waals surface area contributed by atoms with Gasteiger partial charge in [0.1, 0.15) is 5.82 Å². The second-order valence-electron chi connectivity index (χ2n) is 4.96. The number of hydrogen-bond acceptors (Lipinski definition) is 5. The highest BCUT2D eigenvalue weighted by molar-refractivity contribution is 6.04. The van der Waals surface area contributed by atoms with Gasteiger partial charge in [-0.25, -0.2) is 14.4 Å². The molecule has 126 valence electrons. The molecule has 1 heterocycles. The Bertz CT molecular complexity index is 706. The number of carbonyl (C=O) groups is 2. The third kappa shape index (κ3) is 4.82. The zero-order valence-corrected chi connectivity index (χ0v) is 13.0. The molecule has 2 rings (SSSR count). The van der Waals surface area contributed by atoms with E-state index in [9.17, 15) is 14.0 Å². The Morgan fingerprint density at radius 1 is 1.00 bits per heavy atom. The number of rotatable bonds is 7. The van der Waals surface area contributed by atoms with Crippen LogP contribution in [0.25, 0.3) is 0 Å². The van der Waals surface area contributed by atoms with Crippen molar-refractivity contribution in [2.75, 3.05) is 13.1 Å². The van der Waals surface area contributed by atoms with Crippen LogP contribution in [0.15, 0.2) is 36.7 Å². The molecule has 0 spiro atoms. The van der Waals surface area contributed by atoms with Crippen molar-refractivity contribution in [2.24, 2.45) is 5.73 Å². The highest BCUT2D eigenvalue weighted by atomic mass is 19.1. The minimum Gasteiger partial charge on any atom is -0.351 e. The molecule has 0 aliphatic rings. The fourth-order valence-corrected chi connectivity index (χ4v) is 1.93. The van der Waals surface area contributed by atoms with E-state index in [-0.39, 0.29) is 23.7 Å². The van der Waals surface area contributed by atoms with Gasteiger partial charge in [0.2, 0.25) is 0 Å². The number of aromatic nitrogens is 2. The number of nitrogens with zero attached hydrogens (tertiary/aromatic N) is 2. The summed E-state index contributed by atoms with van der Waals surface area (Å²) in [6.45, 7) is 1.03. The normalized spacial score (nSPS) is 10.2. The molecule has 0 fully saturated rings. The first-order valence-electron chi connectivity index (χ1n) is 7.43. The van der Waals surface area contributed by atoms with E-state index in [4.69, 9.17) is 5.73 Å². The summed E-state index contributed by atoms with van der Waals surface area (Å²) < 4.78 is 12.9. The molecule has 24 heavy (non-hydrogen) atoms. The van der Waals surface area contributed by atoms with Crippen molar-refractivity contribution in [3.05, 3.63) is 59.4 Å². The van der Waals surface area contributed by atoms with Crippen molar-refractivity contribution >= 4 is 11.8 Å². The van der Waals surface area contributed by atoms with Crippen LogP contribution in [-0.2, 0) is 6.54 Å². The van der Waals surface area contributed by atoms with Gasteiger partial charge in [0, 0.05) is 25.5 Å². The molecule has 2 amide bonds. The van der Waals surface area contributed by atoms with Crippen LogP contribution < -0.4 is 16.4 Å². The van der Waals surface area contributed by atoms with E-state index in [1.807, 2.05) is 0 Å².